The van der Waals surface area contributed by atoms with Gasteiger partial charge >= 0.3 is 0 Å². The van der Waals surface area contributed by atoms with E-state index >= 15 is 0 Å². The number of pyridine rings is 1. The van der Waals surface area contributed by atoms with Crippen molar-refractivity contribution >= 4 is 32.7 Å². The molecule has 0 aliphatic carbocycles. The summed E-state index contributed by atoms with van der Waals surface area (Å²) < 4.78 is 0. The van der Waals surface area contributed by atoms with Crippen molar-refractivity contribution in [1.29, 1.82) is 0 Å². The molecule has 1 aliphatic rings. The number of piperidine rings is 1. The molecule has 1 amide bonds. The number of carbonyl (C=O) groups is 1. The number of amides is 1. The molecule has 4 rings (SSSR count). The van der Waals surface area contributed by atoms with Crippen molar-refractivity contribution in [2.75, 3.05) is 18.0 Å². The van der Waals surface area contributed by atoms with E-state index < -0.39 is 0 Å². The van der Waals surface area contributed by atoms with Crippen molar-refractivity contribution in [2.24, 2.45) is 5.92 Å². The van der Waals surface area contributed by atoms with Crippen LogP contribution in [-0.4, -0.2) is 29.0 Å². The summed E-state index contributed by atoms with van der Waals surface area (Å²) in [5, 5.41) is 4.08. The minimum Gasteiger partial charge on any atom is -0.352 e. The van der Waals surface area contributed by atoms with E-state index in [1.807, 2.05) is 24.3 Å². The number of aryl methyl sites for hydroxylation is 1. The summed E-state index contributed by atoms with van der Waals surface area (Å²) in [5.41, 5.74) is 3.31. The van der Waals surface area contributed by atoms with Crippen LogP contribution in [0.3, 0.4) is 0 Å². The van der Waals surface area contributed by atoms with E-state index in [1.54, 1.807) is 17.5 Å². The number of fused-ring (bicyclic) bond motifs is 1. The second kappa shape index (κ2) is 7.41. The fraction of sp³-hybridized carbons (Fsp3) is 0.350. The number of aromatic nitrogens is 2. The van der Waals surface area contributed by atoms with Gasteiger partial charge in [-0.2, -0.15) is 0 Å². The van der Waals surface area contributed by atoms with Gasteiger partial charge in [-0.05, 0) is 43.0 Å². The highest BCUT2D eigenvalue weighted by atomic mass is 32.1. The molecule has 0 bridgehead atoms. The number of hydrogen-bond acceptors (Lipinski definition) is 5. The molecule has 2 aromatic heterocycles. The first-order chi connectivity index (χ1) is 12.7. The van der Waals surface area contributed by atoms with Gasteiger partial charge < -0.3 is 10.2 Å². The monoisotopic (exact) mass is 366 g/mol. The Labute approximate surface area is 157 Å². The Kier molecular flexibility index (Phi) is 4.84. The molecule has 0 spiro atoms. The molecule has 1 N–H and O–H groups in total. The zero-order chi connectivity index (χ0) is 17.9. The van der Waals surface area contributed by atoms with E-state index in [0.717, 1.165) is 41.4 Å². The zero-order valence-electron chi connectivity index (χ0n) is 14.8. The summed E-state index contributed by atoms with van der Waals surface area (Å²) in [4.78, 5) is 24.9. The van der Waals surface area contributed by atoms with Crippen molar-refractivity contribution in [3.63, 3.8) is 0 Å². The number of benzene rings is 1. The molecule has 134 valence electrons. The van der Waals surface area contributed by atoms with Crippen molar-refractivity contribution in [2.45, 2.75) is 26.3 Å². The van der Waals surface area contributed by atoms with Crippen LogP contribution in [0, 0.1) is 12.8 Å². The van der Waals surface area contributed by atoms with Gasteiger partial charge in [-0.25, -0.2) is 9.97 Å². The van der Waals surface area contributed by atoms with Gasteiger partial charge in [0.2, 0.25) is 5.91 Å². The number of rotatable bonds is 4. The van der Waals surface area contributed by atoms with Gasteiger partial charge in [0.25, 0.3) is 0 Å². The molecule has 1 fully saturated rings. The number of carbonyl (C=O) groups excluding carboxylic acids is 1. The second-order valence-electron chi connectivity index (χ2n) is 6.75. The Morgan fingerprint density at radius 3 is 3.04 bits per heavy atom. The summed E-state index contributed by atoms with van der Waals surface area (Å²) >= 11 is 1.60. The molecule has 6 heteroatoms. The van der Waals surface area contributed by atoms with Crippen LogP contribution in [0.25, 0.3) is 10.3 Å². The highest BCUT2D eigenvalue weighted by Gasteiger charge is 2.27. The first-order valence-corrected chi connectivity index (χ1v) is 9.81. The quantitative estimate of drug-likeness (QED) is 0.767. The molecule has 1 saturated heterocycles. The van der Waals surface area contributed by atoms with Crippen LogP contribution in [-0.2, 0) is 11.3 Å². The second-order valence-corrected chi connectivity index (χ2v) is 7.71. The highest BCUT2D eigenvalue weighted by Crippen LogP contribution is 2.30. The molecular formula is C20H22N4OS. The lowest BCUT2D eigenvalue weighted by Gasteiger charge is -2.31. The highest BCUT2D eigenvalue weighted by molar-refractivity contribution is 7.21. The Hall–Kier alpha value is -2.47. The molecule has 5 nitrogen and oxygen atoms in total. The van der Waals surface area contributed by atoms with Gasteiger partial charge in [0.05, 0.1) is 5.92 Å². The zero-order valence-corrected chi connectivity index (χ0v) is 15.6. The lowest BCUT2D eigenvalue weighted by molar-refractivity contribution is -0.125. The molecule has 1 aromatic carbocycles. The smallest absolute Gasteiger partial charge is 0.225 e. The van der Waals surface area contributed by atoms with Gasteiger partial charge in [0.1, 0.15) is 10.3 Å². The SMILES string of the molecule is Cc1ccccc1CNC(=O)[C@H]1CCCN(c2nc3cccnc3s2)C1. The first kappa shape index (κ1) is 17.0. The summed E-state index contributed by atoms with van der Waals surface area (Å²) in [6, 6.07) is 12.1. The third-order valence-corrected chi connectivity index (χ3v) is 5.97. The fourth-order valence-electron chi connectivity index (χ4n) is 3.39. The van der Waals surface area contributed by atoms with Crippen LogP contribution in [0.4, 0.5) is 5.13 Å². The van der Waals surface area contributed by atoms with Crippen LogP contribution in [0.15, 0.2) is 42.6 Å². The fourth-order valence-corrected chi connectivity index (χ4v) is 4.34. The van der Waals surface area contributed by atoms with Gasteiger partial charge in [0.15, 0.2) is 5.13 Å². The lowest BCUT2D eigenvalue weighted by Crippen LogP contribution is -2.43. The summed E-state index contributed by atoms with van der Waals surface area (Å²) in [5.74, 6) is 0.143. The van der Waals surface area contributed by atoms with E-state index in [9.17, 15) is 4.79 Å². The van der Waals surface area contributed by atoms with E-state index in [2.05, 4.69) is 39.2 Å². The van der Waals surface area contributed by atoms with Gasteiger partial charge in [0, 0.05) is 25.8 Å². The summed E-state index contributed by atoms with van der Waals surface area (Å²) in [7, 11) is 0. The molecule has 3 heterocycles. The Morgan fingerprint density at radius 1 is 1.31 bits per heavy atom. The van der Waals surface area contributed by atoms with Gasteiger partial charge in [-0.15, -0.1) is 0 Å². The van der Waals surface area contributed by atoms with Gasteiger partial charge in [-0.1, -0.05) is 35.6 Å². The Bertz CT molecular complexity index is 890. The maximum absolute atomic E-state index is 12.7. The number of nitrogens with one attached hydrogen (secondary N) is 1. The van der Waals surface area contributed by atoms with Crippen LogP contribution in [0.5, 0.6) is 0 Å². The Morgan fingerprint density at radius 2 is 2.19 bits per heavy atom. The average Bonchev–Trinajstić information content (AvgIpc) is 3.11. The van der Waals surface area contributed by atoms with Crippen molar-refractivity contribution < 1.29 is 4.79 Å². The maximum Gasteiger partial charge on any atom is 0.225 e. The third kappa shape index (κ3) is 3.55. The predicted octanol–water partition coefficient (Wildman–Crippen LogP) is 3.53. The number of nitrogens with zero attached hydrogens (tertiary/aromatic N) is 3. The molecule has 1 aliphatic heterocycles. The van der Waals surface area contributed by atoms with Crippen LogP contribution < -0.4 is 10.2 Å². The molecule has 0 saturated carbocycles. The molecule has 26 heavy (non-hydrogen) atoms. The van der Waals surface area contributed by atoms with E-state index in [1.165, 1.54) is 11.1 Å². The first-order valence-electron chi connectivity index (χ1n) is 8.99. The van der Waals surface area contributed by atoms with E-state index in [-0.39, 0.29) is 11.8 Å². The maximum atomic E-state index is 12.7. The molecule has 3 aromatic rings. The van der Waals surface area contributed by atoms with E-state index in [4.69, 9.17) is 0 Å². The minimum absolute atomic E-state index is 0.00717. The molecule has 0 radical (unpaired) electrons. The van der Waals surface area contributed by atoms with Gasteiger partial charge in [-0.3, -0.25) is 4.79 Å². The molecule has 0 unspecified atom stereocenters. The van der Waals surface area contributed by atoms with Crippen LogP contribution in [0.2, 0.25) is 0 Å². The molecular weight excluding hydrogens is 344 g/mol. The summed E-state index contributed by atoms with van der Waals surface area (Å²) in [6.45, 7) is 4.33. The standard InChI is InChI=1S/C20H22N4OS/c1-14-6-2-3-7-15(14)12-22-18(25)16-8-5-11-24(13-16)20-23-17-9-4-10-21-19(17)26-20/h2-4,6-7,9-10,16H,5,8,11-13H2,1H3,(H,22,25)/t16-/m0/s1. The number of anilines is 1. The molecule has 1 atom stereocenters. The van der Waals surface area contributed by atoms with Crippen LogP contribution >= 0.6 is 11.3 Å². The van der Waals surface area contributed by atoms with E-state index in [0.29, 0.717) is 6.54 Å². The topological polar surface area (TPSA) is 58.1 Å². The Balaban J connectivity index is 1.41. The minimum atomic E-state index is 0.00717. The summed E-state index contributed by atoms with van der Waals surface area (Å²) in [6.07, 6.45) is 3.73. The third-order valence-electron chi connectivity index (χ3n) is 4.93. The van der Waals surface area contributed by atoms with Crippen molar-refractivity contribution in [3.8, 4) is 0 Å². The average molecular weight is 366 g/mol. The number of hydrogen-bond donors (Lipinski definition) is 1. The van der Waals surface area contributed by atoms with Crippen LogP contribution in [0.1, 0.15) is 24.0 Å². The lowest BCUT2D eigenvalue weighted by atomic mass is 9.97. The normalized spacial score (nSPS) is 17.4. The largest absolute Gasteiger partial charge is 0.352 e. The van der Waals surface area contributed by atoms with Crippen molar-refractivity contribution in [1.82, 2.24) is 15.3 Å². The number of thiazole rings is 1. The van der Waals surface area contributed by atoms with Crippen molar-refractivity contribution in [3.05, 3.63) is 53.7 Å². The predicted molar refractivity (Wildman–Crippen MR) is 105 cm³/mol.